The summed E-state index contributed by atoms with van der Waals surface area (Å²) < 4.78 is 25.9. The van der Waals surface area contributed by atoms with Gasteiger partial charge in [0.1, 0.15) is 6.10 Å². The molecule has 0 amide bonds. The number of pyridine rings is 1. The fourth-order valence-corrected chi connectivity index (χ4v) is 3.21. The zero-order valence-electron chi connectivity index (χ0n) is 15.2. The van der Waals surface area contributed by atoms with Crippen LogP contribution in [0.2, 0.25) is 0 Å². The number of carboxylic acid groups (broad SMARTS) is 1. The maximum absolute atomic E-state index is 14.4. The third-order valence-corrected chi connectivity index (χ3v) is 4.64. The molecule has 5 nitrogen and oxygen atoms in total. The number of aliphatic carboxylic acids is 1. The number of rotatable bonds is 9. The molecule has 1 aliphatic rings. The molecular formula is C21H24FNO4. The lowest BCUT2D eigenvalue weighted by molar-refractivity contribution is -0.137. The zero-order valence-corrected chi connectivity index (χ0v) is 15.2. The minimum atomic E-state index is -0.836. The average Bonchev–Trinajstić information content (AvgIpc) is 3.16. The van der Waals surface area contributed by atoms with Crippen molar-refractivity contribution < 1.29 is 23.8 Å². The second-order valence-electron chi connectivity index (χ2n) is 6.72. The first-order valence-corrected chi connectivity index (χ1v) is 9.39. The molecule has 1 aromatic heterocycles. The van der Waals surface area contributed by atoms with E-state index in [1.54, 1.807) is 18.3 Å². The summed E-state index contributed by atoms with van der Waals surface area (Å²) in [5.41, 5.74) is 1.45. The van der Waals surface area contributed by atoms with Crippen LogP contribution in [-0.2, 0) is 4.79 Å². The molecular weight excluding hydrogens is 349 g/mol. The smallest absolute Gasteiger partial charge is 0.303 e. The Morgan fingerprint density at radius 1 is 1.22 bits per heavy atom. The Morgan fingerprint density at radius 2 is 2.04 bits per heavy atom. The highest BCUT2D eigenvalue weighted by molar-refractivity contribution is 5.69. The minimum Gasteiger partial charge on any atom is -0.491 e. The highest BCUT2D eigenvalue weighted by atomic mass is 19.1. The van der Waals surface area contributed by atoms with E-state index in [9.17, 15) is 9.18 Å². The SMILES string of the molecule is O=C(O)CCCCOc1ccc(-c2cccnc2OC2CCCC2)cc1F. The van der Waals surface area contributed by atoms with Crippen molar-refractivity contribution in [2.24, 2.45) is 0 Å². The van der Waals surface area contributed by atoms with Gasteiger partial charge in [-0.25, -0.2) is 9.37 Å². The van der Waals surface area contributed by atoms with Crippen LogP contribution < -0.4 is 9.47 Å². The predicted octanol–water partition coefficient (Wildman–Crippen LogP) is 4.84. The van der Waals surface area contributed by atoms with Crippen LogP contribution in [0.3, 0.4) is 0 Å². The number of carboxylic acids is 1. The summed E-state index contributed by atoms with van der Waals surface area (Å²) in [7, 11) is 0. The lowest BCUT2D eigenvalue weighted by Gasteiger charge is -2.15. The fourth-order valence-electron chi connectivity index (χ4n) is 3.21. The number of aromatic nitrogens is 1. The fraction of sp³-hybridized carbons (Fsp3) is 0.429. The van der Waals surface area contributed by atoms with Crippen LogP contribution in [0, 0.1) is 5.82 Å². The van der Waals surface area contributed by atoms with Crippen molar-refractivity contribution in [3.8, 4) is 22.8 Å². The second-order valence-corrected chi connectivity index (χ2v) is 6.72. The molecule has 144 valence electrons. The quantitative estimate of drug-likeness (QED) is 0.637. The van der Waals surface area contributed by atoms with Gasteiger partial charge in [-0.3, -0.25) is 4.79 Å². The van der Waals surface area contributed by atoms with E-state index in [0.717, 1.165) is 18.4 Å². The topological polar surface area (TPSA) is 68.7 Å². The molecule has 1 aromatic carbocycles. The number of hydrogen-bond acceptors (Lipinski definition) is 4. The summed E-state index contributed by atoms with van der Waals surface area (Å²) in [6.45, 7) is 0.284. The molecule has 0 spiro atoms. The number of benzene rings is 1. The van der Waals surface area contributed by atoms with Crippen molar-refractivity contribution in [3.05, 3.63) is 42.3 Å². The Balaban J connectivity index is 1.65. The Labute approximate surface area is 158 Å². The molecule has 3 rings (SSSR count). The van der Waals surface area contributed by atoms with Gasteiger partial charge in [-0.1, -0.05) is 6.07 Å². The second kappa shape index (κ2) is 9.35. The van der Waals surface area contributed by atoms with Gasteiger partial charge in [-0.05, 0) is 68.4 Å². The predicted molar refractivity (Wildman–Crippen MR) is 99.5 cm³/mol. The lowest BCUT2D eigenvalue weighted by Crippen LogP contribution is -2.12. The van der Waals surface area contributed by atoms with E-state index in [2.05, 4.69) is 4.98 Å². The van der Waals surface area contributed by atoms with E-state index in [0.29, 0.717) is 24.3 Å². The third-order valence-electron chi connectivity index (χ3n) is 4.64. The first-order valence-electron chi connectivity index (χ1n) is 9.39. The van der Waals surface area contributed by atoms with Gasteiger partial charge in [0.25, 0.3) is 0 Å². The van der Waals surface area contributed by atoms with Gasteiger partial charge in [-0.15, -0.1) is 0 Å². The lowest BCUT2D eigenvalue weighted by atomic mass is 10.1. The number of halogens is 1. The van der Waals surface area contributed by atoms with Gasteiger partial charge in [-0.2, -0.15) is 0 Å². The van der Waals surface area contributed by atoms with Crippen molar-refractivity contribution >= 4 is 5.97 Å². The Morgan fingerprint density at radius 3 is 2.78 bits per heavy atom. The monoisotopic (exact) mass is 373 g/mol. The largest absolute Gasteiger partial charge is 0.491 e. The molecule has 0 aliphatic heterocycles. The van der Waals surface area contributed by atoms with Crippen LogP contribution in [0.4, 0.5) is 4.39 Å². The summed E-state index contributed by atoms with van der Waals surface area (Å²) in [4.78, 5) is 14.8. The van der Waals surface area contributed by atoms with Gasteiger partial charge in [0.05, 0.1) is 6.61 Å². The molecule has 1 fully saturated rings. The Kier molecular flexibility index (Phi) is 6.63. The van der Waals surface area contributed by atoms with Crippen molar-refractivity contribution in [3.63, 3.8) is 0 Å². The summed E-state index contributed by atoms with van der Waals surface area (Å²) in [6.07, 6.45) is 7.41. The van der Waals surface area contributed by atoms with Crippen molar-refractivity contribution in [2.45, 2.75) is 51.0 Å². The maximum Gasteiger partial charge on any atom is 0.303 e. The van der Waals surface area contributed by atoms with E-state index in [1.165, 1.54) is 18.9 Å². The van der Waals surface area contributed by atoms with Gasteiger partial charge in [0.15, 0.2) is 11.6 Å². The van der Waals surface area contributed by atoms with Crippen LogP contribution in [0.15, 0.2) is 36.5 Å². The minimum absolute atomic E-state index is 0.0928. The van der Waals surface area contributed by atoms with E-state index in [-0.39, 0.29) is 24.9 Å². The highest BCUT2D eigenvalue weighted by Gasteiger charge is 2.19. The first kappa shape index (κ1) is 19.1. The Hall–Kier alpha value is -2.63. The molecule has 2 aromatic rings. The molecule has 27 heavy (non-hydrogen) atoms. The number of hydrogen-bond donors (Lipinski definition) is 1. The zero-order chi connectivity index (χ0) is 19.1. The molecule has 1 saturated carbocycles. The van der Waals surface area contributed by atoms with Crippen LogP contribution in [0.25, 0.3) is 11.1 Å². The summed E-state index contributed by atoms with van der Waals surface area (Å²) >= 11 is 0. The van der Waals surface area contributed by atoms with Crippen molar-refractivity contribution in [1.29, 1.82) is 0 Å². The van der Waals surface area contributed by atoms with E-state index in [4.69, 9.17) is 14.6 Å². The van der Waals surface area contributed by atoms with Gasteiger partial charge >= 0.3 is 5.97 Å². The normalized spacial score (nSPS) is 14.3. The van der Waals surface area contributed by atoms with Crippen molar-refractivity contribution in [2.75, 3.05) is 6.61 Å². The standard InChI is InChI=1S/C21H24FNO4/c22-18-14-15(10-11-19(18)26-13-4-3-9-20(24)25)17-8-5-12-23-21(17)27-16-6-1-2-7-16/h5,8,10-12,14,16H,1-4,6-7,9,13H2,(H,24,25). The molecule has 1 aliphatic carbocycles. The van der Waals surface area contributed by atoms with E-state index >= 15 is 0 Å². The average molecular weight is 373 g/mol. The van der Waals surface area contributed by atoms with Crippen LogP contribution in [-0.4, -0.2) is 28.8 Å². The Bertz CT molecular complexity index is 775. The van der Waals surface area contributed by atoms with Gasteiger partial charge in [0.2, 0.25) is 5.88 Å². The highest BCUT2D eigenvalue weighted by Crippen LogP contribution is 2.33. The number of carbonyl (C=O) groups is 1. The van der Waals surface area contributed by atoms with E-state index in [1.807, 2.05) is 12.1 Å². The third kappa shape index (κ3) is 5.42. The molecule has 6 heteroatoms. The molecule has 1 heterocycles. The molecule has 0 atom stereocenters. The molecule has 0 unspecified atom stereocenters. The van der Waals surface area contributed by atoms with Crippen LogP contribution >= 0.6 is 0 Å². The number of unbranched alkanes of at least 4 members (excludes halogenated alkanes) is 1. The molecule has 0 bridgehead atoms. The summed E-state index contributed by atoms with van der Waals surface area (Å²) in [6, 6.07) is 8.48. The van der Waals surface area contributed by atoms with Crippen molar-refractivity contribution in [1.82, 2.24) is 4.98 Å². The maximum atomic E-state index is 14.4. The van der Waals surface area contributed by atoms with Crippen LogP contribution in [0.5, 0.6) is 11.6 Å². The van der Waals surface area contributed by atoms with E-state index < -0.39 is 11.8 Å². The molecule has 1 N–H and O–H groups in total. The first-order chi connectivity index (χ1) is 13.1. The molecule has 0 saturated heterocycles. The van der Waals surface area contributed by atoms with Gasteiger partial charge in [0, 0.05) is 18.2 Å². The summed E-state index contributed by atoms with van der Waals surface area (Å²) in [5, 5.41) is 8.61. The number of ether oxygens (including phenoxy) is 2. The van der Waals surface area contributed by atoms with Crippen LogP contribution in [0.1, 0.15) is 44.9 Å². The summed E-state index contributed by atoms with van der Waals surface area (Å²) in [5.74, 6) is -0.596. The van der Waals surface area contributed by atoms with Gasteiger partial charge < -0.3 is 14.6 Å². The number of nitrogens with zero attached hydrogens (tertiary/aromatic N) is 1. The molecule has 0 radical (unpaired) electrons.